The summed E-state index contributed by atoms with van der Waals surface area (Å²) in [6.07, 6.45) is 0. The second-order valence-electron chi connectivity index (χ2n) is 4.49. The number of halogens is 2. The molecule has 1 amide bonds. The summed E-state index contributed by atoms with van der Waals surface area (Å²) in [6, 6.07) is 9.10. The number of carbonyl (C=O) groups is 1. The number of nitrogens with zero attached hydrogens (tertiary/aromatic N) is 1. The van der Waals surface area contributed by atoms with E-state index in [1.807, 2.05) is 0 Å². The third kappa shape index (κ3) is 2.80. The maximum absolute atomic E-state index is 13.0. The molecule has 0 bridgehead atoms. The van der Waals surface area contributed by atoms with E-state index >= 15 is 0 Å². The summed E-state index contributed by atoms with van der Waals surface area (Å²) in [5.74, 6) is -0.172. The molecular weight excluding hydrogens is 339 g/mol. The van der Waals surface area contributed by atoms with Crippen LogP contribution < -0.4 is 5.32 Å². The summed E-state index contributed by atoms with van der Waals surface area (Å²) in [5.41, 5.74) is 2.28. The summed E-state index contributed by atoms with van der Waals surface area (Å²) in [4.78, 5) is 16.4. The van der Waals surface area contributed by atoms with Gasteiger partial charge in [0, 0.05) is 17.1 Å². The van der Waals surface area contributed by atoms with E-state index in [0.717, 1.165) is 0 Å². The lowest BCUT2D eigenvalue weighted by atomic mass is 10.2. The van der Waals surface area contributed by atoms with Crippen molar-refractivity contribution in [1.29, 1.82) is 0 Å². The van der Waals surface area contributed by atoms with Gasteiger partial charge in [-0.1, -0.05) is 0 Å². The summed E-state index contributed by atoms with van der Waals surface area (Å²) in [5, 5.41) is 2.75. The van der Waals surface area contributed by atoms with Crippen LogP contribution >= 0.6 is 15.9 Å². The Kier molecular flexibility index (Phi) is 3.47. The molecule has 0 radical (unpaired) electrons. The Morgan fingerprint density at radius 3 is 2.86 bits per heavy atom. The highest BCUT2D eigenvalue weighted by Gasteiger charge is 2.12. The van der Waals surface area contributed by atoms with Crippen LogP contribution in [0.2, 0.25) is 0 Å². The largest absolute Gasteiger partial charge is 0.441 e. The van der Waals surface area contributed by atoms with E-state index in [9.17, 15) is 9.18 Å². The average molecular weight is 349 g/mol. The maximum Gasteiger partial charge on any atom is 0.256 e. The standard InChI is InChI=1S/C15H10BrFN2O2/c1-8-18-13-7-10(3-5-14(13)21-8)19-15(20)11-4-2-9(17)6-12(11)16/h2-7H,1H3,(H,19,20). The molecule has 3 rings (SSSR count). The molecule has 0 saturated carbocycles. The van der Waals surface area contributed by atoms with Gasteiger partial charge in [-0.05, 0) is 52.3 Å². The van der Waals surface area contributed by atoms with Crippen molar-refractivity contribution in [1.82, 2.24) is 4.98 Å². The number of benzene rings is 2. The highest BCUT2D eigenvalue weighted by molar-refractivity contribution is 9.10. The number of hydrogen-bond donors (Lipinski definition) is 1. The number of hydrogen-bond acceptors (Lipinski definition) is 3. The lowest BCUT2D eigenvalue weighted by Crippen LogP contribution is -2.12. The highest BCUT2D eigenvalue weighted by Crippen LogP contribution is 2.22. The molecule has 1 heterocycles. The number of amides is 1. The zero-order valence-electron chi connectivity index (χ0n) is 11.0. The van der Waals surface area contributed by atoms with E-state index in [-0.39, 0.29) is 5.91 Å². The van der Waals surface area contributed by atoms with Crippen LogP contribution in [-0.4, -0.2) is 10.9 Å². The lowest BCUT2D eigenvalue weighted by molar-refractivity contribution is 0.102. The van der Waals surface area contributed by atoms with Crippen molar-refractivity contribution in [2.75, 3.05) is 5.32 Å². The number of rotatable bonds is 2. The van der Waals surface area contributed by atoms with Gasteiger partial charge in [-0.3, -0.25) is 4.79 Å². The normalized spacial score (nSPS) is 10.8. The van der Waals surface area contributed by atoms with E-state index in [1.54, 1.807) is 25.1 Å². The first-order valence-electron chi connectivity index (χ1n) is 6.16. The van der Waals surface area contributed by atoms with Gasteiger partial charge in [0.05, 0.1) is 5.56 Å². The molecule has 1 aromatic heterocycles. The molecule has 0 spiro atoms. The Bertz CT molecular complexity index is 845. The van der Waals surface area contributed by atoms with Crippen LogP contribution in [0.5, 0.6) is 0 Å². The van der Waals surface area contributed by atoms with E-state index in [4.69, 9.17) is 4.42 Å². The van der Waals surface area contributed by atoms with E-state index in [1.165, 1.54) is 18.2 Å². The van der Waals surface area contributed by atoms with Gasteiger partial charge in [0.2, 0.25) is 0 Å². The molecule has 106 valence electrons. The molecule has 0 unspecified atom stereocenters. The van der Waals surface area contributed by atoms with Gasteiger partial charge in [0.25, 0.3) is 5.91 Å². The van der Waals surface area contributed by atoms with Crippen molar-refractivity contribution in [2.45, 2.75) is 6.92 Å². The van der Waals surface area contributed by atoms with Crippen molar-refractivity contribution in [3.63, 3.8) is 0 Å². The van der Waals surface area contributed by atoms with Crippen LogP contribution in [0, 0.1) is 12.7 Å². The summed E-state index contributed by atoms with van der Waals surface area (Å²) in [7, 11) is 0. The van der Waals surface area contributed by atoms with Gasteiger partial charge in [-0.2, -0.15) is 0 Å². The fourth-order valence-electron chi connectivity index (χ4n) is 1.99. The molecule has 21 heavy (non-hydrogen) atoms. The van der Waals surface area contributed by atoms with Gasteiger partial charge < -0.3 is 9.73 Å². The molecule has 0 atom stereocenters. The minimum atomic E-state index is -0.405. The molecule has 0 aliphatic rings. The van der Waals surface area contributed by atoms with E-state index in [2.05, 4.69) is 26.2 Å². The van der Waals surface area contributed by atoms with Gasteiger partial charge in [0.1, 0.15) is 11.3 Å². The fourth-order valence-corrected chi connectivity index (χ4v) is 2.52. The second kappa shape index (κ2) is 5.29. The van der Waals surface area contributed by atoms with Crippen LogP contribution in [0.3, 0.4) is 0 Å². The number of carbonyl (C=O) groups excluding carboxylic acids is 1. The molecule has 0 aliphatic heterocycles. The minimum absolute atomic E-state index is 0.332. The topological polar surface area (TPSA) is 55.1 Å². The van der Waals surface area contributed by atoms with Crippen LogP contribution in [0.1, 0.15) is 16.2 Å². The number of aryl methyl sites for hydroxylation is 1. The molecule has 0 aliphatic carbocycles. The Morgan fingerprint density at radius 2 is 2.10 bits per heavy atom. The first-order valence-corrected chi connectivity index (χ1v) is 6.96. The summed E-state index contributed by atoms with van der Waals surface area (Å²) >= 11 is 3.18. The molecule has 6 heteroatoms. The van der Waals surface area contributed by atoms with Gasteiger partial charge >= 0.3 is 0 Å². The van der Waals surface area contributed by atoms with Gasteiger partial charge in [-0.25, -0.2) is 9.37 Å². The Morgan fingerprint density at radius 1 is 1.29 bits per heavy atom. The van der Waals surface area contributed by atoms with Crippen LogP contribution in [0.4, 0.5) is 10.1 Å². The summed E-state index contributed by atoms with van der Waals surface area (Å²) < 4.78 is 18.8. The molecular formula is C15H10BrFN2O2. The SMILES string of the molecule is Cc1nc2cc(NC(=O)c3ccc(F)cc3Br)ccc2o1. The monoisotopic (exact) mass is 348 g/mol. The van der Waals surface area contributed by atoms with E-state index < -0.39 is 5.82 Å². The zero-order valence-corrected chi connectivity index (χ0v) is 12.6. The number of nitrogens with one attached hydrogen (secondary N) is 1. The molecule has 4 nitrogen and oxygen atoms in total. The Balaban J connectivity index is 1.88. The molecule has 0 fully saturated rings. The third-order valence-electron chi connectivity index (χ3n) is 2.93. The lowest BCUT2D eigenvalue weighted by Gasteiger charge is -2.06. The number of oxazole rings is 1. The quantitative estimate of drug-likeness (QED) is 0.751. The predicted octanol–water partition coefficient (Wildman–Crippen LogP) is 4.29. The maximum atomic E-state index is 13.0. The van der Waals surface area contributed by atoms with Crippen LogP contribution in [-0.2, 0) is 0 Å². The second-order valence-corrected chi connectivity index (χ2v) is 5.35. The number of aromatic nitrogens is 1. The van der Waals surface area contributed by atoms with Crippen molar-refractivity contribution >= 4 is 38.6 Å². The Labute approximate surface area is 128 Å². The van der Waals surface area contributed by atoms with Gasteiger partial charge in [-0.15, -0.1) is 0 Å². The smallest absolute Gasteiger partial charge is 0.256 e. The fraction of sp³-hybridized carbons (Fsp3) is 0.0667. The first-order chi connectivity index (χ1) is 10.0. The number of fused-ring (bicyclic) bond motifs is 1. The first kappa shape index (κ1) is 13.8. The molecule has 2 aromatic carbocycles. The minimum Gasteiger partial charge on any atom is -0.441 e. The van der Waals surface area contributed by atoms with Crippen LogP contribution in [0.25, 0.3) is 11.1 Å². The molecule has 1 N–H and O–H groups in total. The number of anilines is 1. The van der Waals surface area contributed by atoms with Crippen molar-refractivity contribution in [3.05, 3.63) is 58.1 Å². The van der Waals surface area contributed by atoms with Crippen molar-refractivity contribution in [2.24, 2.45) is 0 Å². The van der Waals surface area contributed by atoms with Crippen molar-refractivity contribution < 1.29 is 13.6 Å². The summed E-state index contributed by atoms with van der Waals surface area (Å²) in [6.45, 7) is 1.76. The third-order valence-corrected chi connectivity index (χ3v) is 3.58. The van der Waals surface area contributed by atoms with Crippen molar-refractivity contribution in [3.8, 4) is 0 Å². The predicted molar refractivity (Wildman–Crippen MR) is 80.8 cm³/mol. The van der Waals surface area contributed by atoms with Crippen LogP contribution in [0.15, 0.2) is 45.3 Å². The Hall–Kier alpha value is -2.21. The van der Waals surface area contributed by atoms with E-state index in [0.29, 0.717) is 32.7 Å². The highest BCUT2D eigenvalue weighted by atomic mass is 79.9. The average Bonchev–Trinajstić information content (AvgIpc) is 2.77. The molecule has 0 saturated heterocycles. The van der Waals surface area contributed by atoms with Gasteiger partial charge in [0.15, 0.2) is 11.5 Å². The molecule has 3 aromatic rings. The zero-order chi connectivity index (χ0) is 15.0.